The van der Waals surface area contributed by atoms with Gasteiger partial charge in [-0.25, -0.2) is 0 Å². The van der Waals surface area contributed by atoms with E-state index in [1.165, 1.54) is 0 Å². The van der Waals surface area contributed by atoms with Gasteiger partial charge in [-0.1, -0.05) is 12.1 Å². The summed E-state index contributed by atoms with van der Waals surface area (Å²) in [5.74, 6) is 0.611. The van der Waals surface area contributed by atoms with Crippen LogP contribution < -0.4 is 4.74 Å². The van der Waals surface area contributed by atoms with E-state index in [1.807, 2.05) is 55.1 Å². The molecule has 0 spiro atoms. The van der Waals surface area contributed by atoms with Gasteiger partial charge in [-0.15, -0.1) is 0 Å². The van der Waals surface area contributed by atoms with Crippen LogP contribution in [0.25, 0.3) is 0 Å². The number of hydrogen-bond donors (Lipinski definition) is 1. The van der Waals surface area contributed by atoms with Gasteiger partial charge in [0.05, 0.1) is 6.10 Å². The number of piperidine rings is 1. The van der Waals surface area contributed by atoms with Gasteiger partial charge >= 0.3 is 5.97 Å². The lowest BCUT2D eigenvalue weighted by molar-refractivity contribution is -0.144. The summed E-state index contributed by atoms with van der Waals surface area (Å²) < 4.78 is 7.62. The second-order valence-electron chi connectivity index (χ2n) is 7.51. The largest absolute Gasteiger partial charge is 0.491 e. The van der Waals surface area contributed by atoms with E-state index in [9.17, 15) is 9.90 Å². The van der Waals surface area contributed by atoms with Crippen molar-refractivity contribution in [3.05, 3.63) is 48.3 Å². The molecule has 0 saturated carbocycles. The molecule has 6 nitrogen and oxygen atoms in total. The molecule has 1 unspecified atom stereocenters. The van der Waals surface area contributed by atoms with E-state index in [0.717, 1.165) is 50.2 Å². The molecular formula is C21H29N3O3. The van der Waals surface area contributed by atoms with Gasteiger partial charge in [-0.05, 0) is 75.9 Å². The van der Waals surface area contributed by atoms with Crippen molar-refractivity contribution < 1.29 is 14.6 Å². The van der Waals surface area contributed by atoms with E-state index in [0.29, 0.717) is 5.92 Å². The van der Waals surface area contributed by atoms with Crippen LogP contribution in [0.1, 0.15) is 44.7 Å². The summed E-state index contributed by atoms with van der Waals surface area (Å²) in [6, 6.07) is 8.83. The topological polar surface area (TPSA) is 67.6 Å². The predicted octanol–water partition coefficient (Wildman–Crippen LogP) is 3.60. The molecule has 2 heterocycles. The Morgan fingerprint density at radius 3 is 2.52 bits per heavy atom. The van der Waals surface area contributed by atoms with Gasteiger partial charge in [0.2, 0.25) is 0 Å². The molecule has 1 aromatic carbocycles. The number of nitrogens with zero attached hydrogens (tertiary/aromatic N) is 3. The number of carboxylic acid groups (broad SMARTS) is 1. The van der Waals surface area contributed by atoms with Crippen LogP contribution in [0, 0.1) is 5.92 Å². The molecule has 1 aliphatic heterocycles. The average Bonchev–Trinajstić information content (AvgIpc) is 3.15. The van der Waals surface area contributed by atoms with Gasteiger partial charge in [0, 0.05) is 18.9 Å². The maximum absolute atomic E-state index is 11.9. The number of rotatable bonds is 8. The third-order valence-electron chi connectivity index (χ3n) is 5.14. The fraction of sp³-hybridized carbons (Fsp3) is 0.524. The van der Waals surface area contributed by atoms with Crippen molar-refractivity contribution >= 4 is 5.97 Å². The normalized spacial score (nSPS) is 17.1. The SMILES string of the molecule is CC(C)Oc1ccc(C(C(=O)O)N2CCC(CCn3cccn3)CC2)cc1. The highest BCUT2D eigenvalue weighted by molar-refractivity contribution is 5.75. The zero-order valence-corrected chi connectivity index (χ0v) is 16.1. The van der Waals surface area contributed by atoms with Gasteiger partial charge in [0.1, 0.15) is 11.8 Å². The summed E-state index contributed by atoms with van der Waals surface area (Å²) in [4.78, 5) is 14.0. The zero-order valence-electron chi connectivity index (χ0n) is 16.1. The number of aryl methyl sites for hydroxylation is 1. The number of benzene rings is 1. The molecular weight excluding hydrogens is 342 g/mol. The summed E-state index contributed by atoms with van der Waals surface area (Å²) in [7, 11) is 0. The van der Waals surface area contributed by atoms with Crippen molar-refractivity contribution in [2.75, 3.05) is 13.1 Å². The van der Waals surface area contributed by atoms with Gasteiger partial charge < -0.3 is 9.84 Å². The molecule has 6 heteroatoms. The van der Waals surface area contributed by atoms with Crippen LogP contribution in [0.5, 0.6) is 5.75 Å². The lowest BCUT2D eigenvalue weighted by Gasteiger charge is -2.36. The van der Waals surface area contributed by atoms with E-state index < -0.39 is 12.0 Å². The Bertz CT molecular complexity index is 705. The molecule has 0 bridgehead atoms. The molecule has 0 amide bonds. The Balaban J connectivity index is 1.57. The second-order valence-corrected chi connectivity index (χ2v) is 7.51. The van der Waals surface area contributed by atoms with E-state index in [-0.39, 0.29) is 6.10 Å². The molecule has 1 saturated heterocycles. The lowest BCUT2D eigenvalue weighted by atomic mass is 9.91. The van der Waals surface area contributed by atoms with Gasteiger partial charge in [-0.3, -0.25) is 14.4 Å². The molecule has 3 rings (SSSR count). The first-order chi connectivity index (χ1) is 13.0. The molecule has 27 heavy (non-hydrogen) atoms. The minimum atomic E-state index is -0.789. The summed E-state index contributed by atoms with van der Waals surface area (Å²) in [6.07, 6.45) is 7.04. The van der Waals surface area contributed by atoms with E-state index in [1.54, 1.807) is 6.20 Å². The number of aliphatic carboxylic acids is 1. The first-order valence-corrected chi connectivity index (χ1v) is 9.74. The van der Waals surface area contributed by atoms with Gasteiger partial charge in [0.25, 0.3) is 0 Å². The van der Waals surface area contributed by atoms with Crippen LogP contribution in [0.2, 0.25) is 0 Å². The molecule has 1 aliphatic rings. The van der Waals surface area contributed by atoms with Crippen molar-refractivity contribution in [3.8, 4) is 5.75 Å². The smallest absolute Gasteiger partial charge is 0.325 e. The Hall–Kier alpha value is -2.34. The highest BCUT2D eigenvalue weighted by atomic mass is 16.5. The number of carbonyl (C=O) groups is 1. The first-order valence-electron chi connectivity index (χ1n) is 9.74. The summed E-state index contributed by atoms with van der Waals surface area (Å²) in [5, 5.41) is 14.1. The maximum Gasteiger partial charge on any atom is 0.325 e. The van der Waals surface area contributed by atoms with E-state index >= 15 is 0 Å². The van der Waals surface area contributed by atoms with Crippen molar-refractivity contribution in [1.82, 2.24) is 14.7 Å². The van der Waals surface area contributed by atoms with Crippen LogP contribution in [0.3, 0.4) is 0 Å². The average molecular weight is 371 g/mol. The summed E-state index contributed by atoms with van der Waals surface area (Å²) in [5.41, 5.74) is 0.814. The van der Waals surface area contributed by atoms with Gasteiger partial charge in [0.15, 0.2) is 0 Å². The Kier molecular flexibility index (Phi) is 6.50. The van der Waals surface area contributed by atoms with Crippen LogP contribution >= 0.6 is 0 Å². The van der Waals surface area contributed by atoms with Gasteiger partial charge in [-0.2, -0.15) is 5.10 Å². The zero-order chi connectivity index (χ0) is 19.2. The Labute approximate surface area is 160 Å². The van der Waals surface area contributed by atoms with Crippen molar-refractivity contribution in [3.63, 3.8) is 0 Å². The van der Waals surface area contributed by atoms with Crippen LogP contribution in [-0.2, 0) is 11.3 Å². The highest BCUT2D eigenvalue weighted by Gasteiger charge is 2.30. The fourth-order valence-electron chi connectivity index (χ4n) is 3.76. The summed E-state index contributed by atoms with van der Waals surface area (Å²) in [6.45, 7) is 6.50. The predicted molar refractivity (Wildman–Crippen MR) is 104 cm³/mol. The molecule has 1 fully saturated rings. The second kappa shape index (κ2) is 9.04. The monoisotopic (exact) mass is 371 g/mol. The molecule has 2 aromatic rings. The molecule has 0 aliphatic carbocycles. The molecule has 0 radical (unpaired) electrons. The molecule has 146 valence electrons. The van der Waals surface area contributed by atoms with Crippen molar-refractivity contribution in [2.45, 2.75) is 51.8 Å². The highest BCUT2D eigenvalue weighted by Crippen LogP contribution is 2.30. The molecule has 1 N–H and O–H groups in total. The maximum atomic E-state index is 11.9. The van der Waals surface area contributed by atoms with Crippen LogP contribution in [-0.4, -0.2) is 44.9 Å². The quantitative estimate of drug-likeness (QED) is 0.768. The number of carboxylic acids is 1. The number of ether oxygens (including phenoxy) is 1. The lowest BCUT2D eigenvalue weighted by Crippen LogP contribution is -2.40. The summed E-state index contributed by atoms with van der Waals surface area (Å²) >= 11 is 0. The van der Waals surface area contributed by atoms with Crippen LogP contribution in [0.4, 0.5) is 0 Å². The van der Waals surface area contributed by atoms with Crippen molar-refractivity contribution in [2.24, 2.45) is 5.92 Å². The fourth-order valence-corrected chi connectivity index (χ4v) is 3.76. The van der Waals surface area contributed by atoms with E-state index in [4.69, 9.17) is 4.74 Å². The molecule has 1 aromatic heterocycles. The Morgan fingerprint density at radius 1 is 1.26 bits per heavy atom. The number of hydrogen-bond acceptors (Lipinski definition) is 4. The third kappa shape index (κ3) is 5.32. The van der Waals surface area contributed by atoms with E-state index in [2.05, 4.69) is 10.00 Å². The number of aromatic nitrogens is 2. The molecule has 1 atom stereocenters. The number of likely N-dealkylation sites (tertiary alicyclic amines) is 1. The minimum absolute atomic E-state index is 0.104. The third-order valence-corrected chi connectivity index (χ3v) is 5.14. The minimum Gasteiger partial charge on any atom is -0.491 e. The first kappa shape index (κ1) is 19.4. The standard InChI is InChI=1S/C21H29N3O3/c1-16(2)27-19-6-4-18(5-7-19)20(21(25)26)23-13-8-17(9-14-23)10-15-24-12-3-11-22-24/h3-7,11-12,16-17,20H,8-10,13-15H2,1-2H3,(H,25,26). The van der Waals surface area contributed by atoms with Crippen LogP contribution in [0.15, 0.2) is 42.7 Å². The van der Waals surface area contributed by atoms with Crippen molar-refractivity contribution in [1.29, 1.82) is 0 Å². The Morgan fingerprint density at radius 2 is 1.96 bits per heavy atom.